The summed E-state index contributed by atoms with van der Waals surface area (Å²) in [5.74, 6) is -3.49. The molecule has 0 spiro atoms. The Hall–Kier alpha value is -3.37. The van der Waals surface area contributed by atoms with Crippen LogP contribution in [0.5, 0.6) is 11.5 Å². The van der Waals surface area contributed by atoms with E-state index in [1.165, 1.54) is 31.3 Å². The summed E-state index contributed by atoms with van der Waals surface area (Å²) in [6, 6.07) is 8.99. The second-order valence-corrected chi connectivity index (χ2v) is 8.18. The van der Waals surface area contributed by atoms with Crippen molar-refractivity contribution < 1.29 is 36.9 Å². The van der Waals surface area contributed by atoms with E-state index < -0.39 is 40.6 Å². The molecule has 0 amide bonds. The van der Waals surface area contributed by atoms with Crippen LogP contribution in [0.1, 0.15) is 34.3 Å². The molecule has 6 nitrogen and oxygen atoms in total. The van der Waals surface area contributed by atoms with Gasteiger partial charge >= 0.3 is 12.1 Å². The van der Waals surface area contributed by atoms with Crippen LogP contribution >= 0.6 is 11.6 Å². The average molecular weight is 514 g/mol. The smallest absolute Gasteiger partial charge is 0.422 e. The van der Waals surface area contributed by atoms with Crippen molar-refractivity contribution in [1.82, 2.24) is 4.57 Å². The number of carbonyl (C=O) groups is 1. The number of nitrogens with zero attached hydrogens (tertiary/aromatic N) is 1. The molecule has 0 saturated heterocycles. The molecule has 35 heavy (non-hydrogen) atoms. The molecular weight excluding hydrogens is 494 g/mol. The zero-order valence-corrected chi connectivity index (χ0v) is 19.4. The molecule has 11 heteroatoms. The number of carbonyl (C=O) groups excluding carboxylic acids is 1. The molecule has 0 aliphatic rings. The number of pyridine rings is 1. The fourth-order valence-corrected chi connectivity index (χ4v) is 3.87. The van der Waals surface area contributed by atoms with Crippen molar-refractivity contribution in [3.63, 3.8) is 0 Å². The van der Waals surface area contributed by atoms with Gasteiger partial charge in [0, 0.05) is 41.9 Å². The number of aryl methyl sites for hydroxylation is 1. The highest BCUT2D eigenvalue weighted by Gasteiger charge is 2.59. The first-order valence-corrected chi connectivity index (χ1v) is 10.5. The van der Waals surface area contributed by atoms with Crippen molar-refractivity contribution in [2.45, 2.75) is 24.6 Å². The Morgan fingerprint density at radius 2 is 1.71 bits per heavy atom. The van der Waals surface area contributed by atoms with E-state index in [9.17, 15) is 32.3 Å². The standard InChI is InChI=1S/C24H20ClF4NO5/c1-13(23(33,24(27,28)29)14-4-9-21(31)30(2)12-14)18-10-15(6-8-19(18)25)35-16-5-7-17(20(26)11-16)22(32)34-3/h4-13,33H,1-3H3/t13-,23-/m0/s1. The lowest BCUT2D eigenvalue weighted by atomic mass is 9.78. The number of alkyl halides is 3. The molecule has 0 aliphatic carbocycles. The van der Waals surface area contributed by atoms with Crippen molar-refractivity contribution >= 4 is 17.6 Å². The van der Waals surface area contributed by atoms with E-state index in [2.05, 4.69) is 4.74 Å². The molecule has 0 bridgehead atoms. The highest BCUT2D eigenvalue weighted by Crippen LogP contribution is 2.50. The van der Waals surface area contributed by atoms with Gasteiger partial charge in [-0.3, -0.25) is 4.79 Å². The van der Waals surface area contributed by atoms with Crippen LogP contribution in [0.4, 0.5) is 17.6 Å². The van der Waals surface area contributed by atoms with Crippen LogP contribution in [0.25, 0.3) is 0 Å². The van der Waals surface area contributed by atoms with E-state index in [1.807, 2.05) is 0 Å². The summed E-state index contributed by atoms with van der Waals surface area (Å²) < 4.78 is 67.8. The van der Waals surface area contributed by atoms with Gasteiger partial charge in [0.25, 0.3) is 0 Å². The van der Waals surface area contributed by atoms with Crippen LogP contribution in [0, 0.1) is 5.82 Å². The number of halogens is 5. The number of methoxy groups -OCH3 is 1. The molecule has 3 aromatic rings. The molecule has 2 atom stereocenters. The zero-order valence-electron chi connectivity index (χ0n) is 18.7. The number of aliphatic hydroxyl groups is 1. The Morgan fingerprint density at radius 3 is 2.29 bits per heavy atom. The summed E-state index contributed by atoms with van der Waals surface area (Å²) in [6.45, 7) is 1.13. The zero-order chi connectivity index (χ0) is 26.1. The molecule has 1 aromatic heterocycles. The van der Waals surface area contributed by atoms with E-state index in [4.69, 9.17) is 16.3 Å². The number of benzene rings is 2. The van der Waals surface area contributed by atoms with Gasteiger partial charge in [0.2, 0.25) is 5.56 Å². The summed E-state index contributed by atoms with van der Waals surface area (Å²) in [7, 11) is 2.36. The van der Waals surface area contributed by atoms with E-state index in [1.54, 1.807) is 0 Å². The Labute approximate surface area is 202 Å². The Balaban J connectivity index is 2.03. The van der Waals surface area contributed by atoms with Crippen LogP contribution in [0.15, 0.2) is 59.5 Å². The van der Waals surface area contributed by atoms with E-state index in [-0.39, 0.29) is 27.6 Å². The van der Waals surface area contributed by atoms with E-state index in [0.717, 1.165) is 49.1 Å². The minimum Gasteiger partial charge on any atom is -0.465 e. The van der Waals surface area contributed by atoms with Gasteiger partial charge in [0.1, 0.15) is 17.3 Å². The van der Waals surface area contributed by atoms with Gasteiger partial charge in [-0.25, -0.2) is 9.18 Å². The quantitative estimate of drug-likeness (QED) is 0.357. The van der Waals surface area contributed by atoms with E-state index in [0.29, 0.717) is 0 Å². The van der Waals surface area contributed by atoms with Gasteiger partial charge < -0.3 is 19.1 Å². The van der Waals surface area contributed by atoms with Gasteiger partial charge in [0.05, 0.1) is 12.7 Å². The minimum absolute atomic E-state index is 0.00598. The molecule has 186 valence electrons. The Bertz CT molecular complexity index is 1320. The second kappa shape index (κ2) is 9.71. The van der Waals surface area contributed by atoms with Crippen molar-refractivity contribution in [2.24, 2.45) is 7.05 Å². The first-order valence-electron chi connectivity index (χ1n) is 10.1. The number of ether oxygens (including phenoxy) is 2. The van der Waals surface area contributed by atoms with Gasteiger partial charge in [-0.2, -0.15) is 13.2 Å². The Kier molecular flexibility index (Phi) is 7.28. The van der Waals surface area contributed by atoms with Crippen molar-refractivity contribution in [1.29, 1.82) is 0 Å². The molecule has 0 radical (unpaired) electrons. The number of hydrogen-bond acceptors (Lipinski definition) is 5. The lowest BCUT2D eigenvalue weighted by Crippen LogP contribution is -2.47. The highest BCUT2D eigenvalue weighted by atomic mass is 35.5. The van der Waals surface area contributed by atoms with Crippen molar-refractivity contribution in [3.8, 4) is 11.5 Å². The normalized spacial score (nSPS) is 14.2. The predicted octanol–water partition coefficient (Wildman–Crippen LogP) is 5.31. The maximum absolute atomic E-state index is 14.2. The monoisotopic (exact) mass is 513 g/mol. The lowest BCUT2D eigenvalue weighted by molar-refractivity contribution is -0.274. The van der Waals surface area contributed by atoms with Crippen LogP contribution in [-0.4, -0.2) is 28.9 Å². The van der Waals surface area contributed by atoms with Crippen LogP contribution in [0.2, 0.25) is 5.02 Å². The third kappa shape index (κ3) is 5.03. The Morgan fingerprint density at radius 1 is 1.09 bits per heavy atom. The fraction of sp³-hybridized carbons (Fsp3) is 0.250. The topological polar surface area (TPSA) is 77.8 Å². The summed E-state index contributed by atoms with van der Waals surface area (Å²) in [4.78, 5) is 23.2. The molecule has 0 aliphatic heterocycles. The molecule has 0 fully saturated rings. The molecule has 3 rings (SSSR count). The first-order chi connectivity index (χ1) is 16.3. The van der Waals surface area contributed by atoms with Crippen LogP contribution in [0.3, 0.4) is 0 Å². The number of hydrogen-bond donors (Lipinski definition) is 1. The fourth-order valence-electron chi connectivity index (χ4n) is 3.59. The van der Waals surface area contributed by atoms with Gasteiger partial charge in [-0.1, -0.05) is 18.5 Å². The average Bonchev–Trinajstić information content (AvgIpc) is 2.80. The van der Waals surface area contributed by atoms with Gasteiger partial charge in [0.15, 0.2) is 5.60 Å². The third-order valence-corrected chi connectivity index (χ3v) is 5.94. The predicted molar refractivity (Wildman–Crippen MR) is 119 cm³/mol. The van der Waals surface area contributed by atoms with E-state index >= 15 is 0 Å². The van der Waals surface area contributed by atoms with Crippen molar-refractivity contribution in [2.75, 3.05) is 7.11 Å². The highest BCUT2D eigenvalue weighted by molar-refractivity contribution is 6.31. The first kappa shape index (κ1) is 26.2. The number of rotatable bonds is 6. The summed E-state index contributed by atoms with van der Waals surface area (Å²) in [5, 5.41) is 10.9. The minimum atomic E-state index is -5.14. The number of aromatic nitrogens is 1. The molecule has 0 unspecified atom stereocenters. The lowest BCUT2D eigenvalue weighted by Gasteiger charge is -2.37. The molecular formula is C24H20ClF4NO5. The van der Waals surface area contributed by atoms with Gasteiger partial charge in [-0.15, -0.1) is 0 Å². The maximum Gasteiger partial charge on any atom is 0.422 e. The van der Waals surface area contributed by atoms with Crippen molar-refractivity contribution in [3.05, 3.63) is 92.6 Å². The molecule has 1 heterocycles. The summed E-state index contributed by atoms with van der Waals surface area (Å²) >= 11 is 6.19. The molecule has 2 aromatic carbocycles. The SMILES string of the molecule is COC(=O)c1ccc(Oc2ccc(Cl)c([C@H](C)[C@](O)(c3ccc(=O)n(C)c3)C(F)(F)F)c2)cc1F. The van der Waals surface area contributed by atoms with Crippen LogP contribution < -0.4 is 10.3 Å². The molecule has 1 N–H and O–H groups in total. The maximum atomic E-state index is 14.2. The number of esters is 1. The largest absolute Gasteiger partial charge is 0.465 e. The van der Waals surface area contributed by atoms with Crippen LogP contribution in [-0.2, 0) is 17.4 Å². The summed E-state index contributed by atoms with van der Waals surface area (Å²) in [6.07, 6.45) is -4.23. The van der Waals surface area contributed by atoms with Gasteiger partial charge in [-0.05, 0) is 42.0 Å². The summed E-state index contributed by atoms with van der Waals surface area (Å²) in [5.41, 5.74) is -4.94. The second-order valence-electron chi connectivity index (χ2n) is 7.77. The third-order valence-electron chi connectivity index (χ3n) is 5.60. The molecule has 0 saturated carbocycles.